The van der Waals surface area contributed by atoms with Crippen molar-refractivity contribution >= 4 is 5.97 Å². The monoisotopic (exact) mass is 368 g/mol. The van der Waals surface area contributed by atoms with E-state index in [1.165, 1.54) is 5.56 Å². The maximum atomic E-state index is 11.9. The fraction of sp³-hybridized carbons (Fsp3) is 0.455. The second kappa shape index (κ2) is 9.51. The SMILES string of the molecule is CCOC(=O)C1CCN(Cc2cncc(-c3ccc(OCC)cc3)c2)CC1. The smallest absolute Gasteiger partial charge is 0.309 e. The summed E-state index contributed by atoms with van der Waals surface area (Å²) in [5, 5.41) is 0. The summed E-state index contributed by atoms with van der Waals surface area (Å²) in [7, 11) is 0. The van der Waals surface area contributed by atoms with Gasteiger partial charge in [-0.2, -0.15) is 0 Å². The zero-order chi connectivity index (χ0) is 19.1. The zero-order valence-corrected chi connectivity index (χ0v) is 16.2. The van der Waals surface area contributed by atoms with Crippen LogP contribution in [0.4, 0.5) is 0 Å². The van der Waals surface area contributed by atoms with Crippen molar-refractivity contribution in [3.63, 3.8) is 0 Å². The third-order valence-corrected chi connectivity index (χ3v) is 4.91. The molecule has 0 bridgehead atoms. The van der Waals surface area contributed by atoms with Gasteiger partial charge in [0.25, 0.3) is 0 Å². The number of likely N-dealkylation sites (tertiary alicyclic amines) is 1. The molecule has 0 atom stereocenters. The molecule has 0 unspecified atom stereocenters. The molecule has 5 heteroatoms. The Balaban J connectivity index is 1.59. The molecule has 0 spiro atoms. The first-order valence-electron chi connectivity index (χ1n) is 9.75. The summed E-state index contributed by atoms with van der Waals surface area (Å²) in [5.41, 5.74) is 3.43. The van der Waals surface area contributed by atoms with Crippen LogP contribution in [0, 0.1) is 5.92 Å². The minimum Gasteiger partial charge on any atom is -0.494 e. The van der Waals surface area contributed by atoms with E-state index < -0.39 is 0 Å². The lowest BCUT2D eigenvalue weighted by atomic mass is 9.96. The molecule has 1 fully saturated rings. The number of piperidine rings is 1. The van der Waals surface area contributed by atoms with Crippen molar-refractivity contribution in [2.24, 2.45) is 5.92 Å². The van der Waals surface area contributed by atoms with E-state index in [2.05, 4.69) is 28.1 Å². The summed E-state index contributed by atoms with van der Waals surface area (Å²) < 4.78 is 10.7. The number of aromatic nitrogens is 1. The molecule has 27 heavy (non-hydrogen) atoms. The van der Waals surface area contributed by atoms with Crippen LogP contribution in [0.1, 0.15) is 32.3 Å². The highest BCUT2D eigenvalue weighted by atomic mass is 16.5. The van der Waals surface area contributed by atoms with E-state index in [0.29, 0.717) is 13.2 Å². The van der Waals surface area contributed by atoms with Gasteiger partial charge in [-0.05, 0) is 69.1 Å². The minimum absolute atomic E-state index is 0.0451. The van der Waals surface area contributed by atoms with Gasteiger partial charge in [-0.25, -0.2) is 0 Å². The number of benzene rings is 1. The Hall–Kier alpha value is -2.40. The van der Waals surface area contributed by atoms with Gasteiger partial charge in [-0.1, -0.05) is 12.1 Å². The molecule has 0 aliphatic carbocycles. The Bertz CT molecular complexity index is 737. The van der Waals surface area contributed by atoms with E-state index >= 15 is 0 Å². The standard InChI is InChI=1S/C22H28N2O3/c1-3-26-21-7-5-18(6-8-21)20-13-17(14-23-15-20)16-24-11-9-19(10-12-24)22(25)27-4-2/h5-8,13-15,19H,3-4,9-12,16H2,1-2H3. The van der Waals surface area contributed by atoms with Crippen LogP contribution in [0.3, 0.4) is 0 Å². The van der Waals surface area contributed by atoms with Crippen molar-refractivity contribution in [2.75, 3.05) is 26.3 Å². The van der Waals surface area contributed by atoms with Crippen LogP contribution in [0.25, 0.3) is 11.1 Å². The number of hydrogen-bond acceptors (Lipinski definition) is 5. The lowest BCUT2D eigenvalue weighted by molar-refractivity contribution is -0.149. The topological polar surface area (TPSA) is 51.7 Å². The molecule has 1 aliphatic heterocycles. The van der Waals surface area contributed by atoms with Gasteiger partial charge in [0.05, 0.1) is 19.1 Å². The van der Waals surface area contributed by atoms with Gasteiger partial charge < -0.3 is 9.47 Å². The fourth-order valence-corrected chi connectivity index (χ4v) is 3.49. The highest BCUT2D eigenvalue weighted by Crippen LogP contribution is 2.24. The van der Waals surface area contributed by atoms with Gasteiger partial charge in [0.2, 0.25) is 0 Å². The van der Waals surface area contributed by atoms with Crippen molar-refractivity contribution < 1.29 is 14.3 Å². The predicted molar refractivity (Wildman–Crippen MR) is 105 cm³/mol. The number of rotatable bonds is 7. The Morgan fingerprint density at radius 1 is 1.07 bits per heavy atom. The molecule has 2 heterocycles. The Morgan fingerprint density at radius 3 is 2.48 bits per heavy atom. The Kier molecular flexibility index (Phi) is 6.82. The maximum Gasteiger partial charge on any atom is 0.309 e. The average molecular weight is 368 g/mol. The number of ether oxygens (including phenoxy) is 2. The van der Waals surface area contributed by atoms with Gasteiger partial charge in [0.1, 0.15) is 5.75 Å². The zero-order valence-electron chi connectivity index (χ0n) is 16.2. The van der Waals surface area contributed by atoms with Crippen LogP contribution in [-0.4, -0.2) is 42.2 Å². The summed E-state index contributed by atoms with van der Waals surface area (Å²) >= 11 is 0. The molecule has 0 saturated carbocycles. The van der Waals surface area contributed by atoms with Crippen LogP contribution in [-0.2, 0) is 16.1 Å². The van der Waals surface area contributed by atoms with E-state index in [4.69, 9.17) is 9.47 Å². The van der Waals surface area contributed by atoms with Gasteiger partial charge in [-0.3, -0.25) is 14.7 Å². The Morgan fingerprint density at radius 2 is 1.81 bits per heavy atom. The van der Waals surface area contributed by atoms with Crippen LogP contribution >= 0.6 is 0 Å². The van der Waals surface area contributed by atoms with Crippen molar-refractivity contribution in [3.8, 4) is 16.9 Å². The molecule has 1 saturated heterocycles. The first-order chi connectivity index (χ1) is 13.2. The number of hydrogen-bond donors (Lipinski definition) is 0. The third-order valence-electron chi connectivity index (χ3n) is 4.91. The minimum atomic E-state index is -0.0451. The van der Waals surface area contributed by atoms with Crippen molar-refractivity contribution in [1.82, 2.24) is 9.88 Å². The van der Waals surface area contributed by atoms with Crippen molar-refractivity contribution in [3.05, 3.63) is 48.3 Å². The second-order valence-electron chi connectivity index (χ2n) is 6.84. The molecular formula is C22H28N2O3. The van der Waals surface area contributed by atoms with Crippen LogP contribution in [0.5, 0.6) is 5.75 Å². The average Bonchev–Trinajstić information content (AvgIpc) is 2.70. The van der Waals surface area contributed by atoms with Gasteiger partial charge in [0, 0.05) is 24.5 Å². The first kappa shape index (κ1) is 19.4. The van der Waals surface area contributed by atoms with E-state index in [0.717, 1.165) is 49.4 Å². The van der Waals surface area contributed by atoms with Gasteiger partial charge in [0.15, 0.2) is 0 Å². The van der Waals surface area contributed by atoms with Crippen LogP contribution in [0.15, 0.2) is 42.7 Å². The fourth-order valence-electron chi connectivity index (χ4n) is 3.49. The lowest BCUT2D eigenvalue weighted by Gasteiger charge is -2.30. The van der Waals surface area contributed by atoms with Crippen molar-refractivity contribution in [2.45, 2.75) is 33.2 Å². The van der Waals surface area contributed by atoms with Gasteiger partial charge in [-0.15, -0.1) is 0 Å². The molecular weight excluding hydrogens is 340 g/mol. The summed E-state index contributed by atoms with van der Waals surface area (Å²) in [6.07, 6.45) is 5.55. The predicted octanol–water partition coefficient (Wildman–Crippen LogP) is 3.92. The van der Waals surface area contributed by atoms with Crippen LogP contribution in [0.2, 0.25) is 0 Å². The largest absolute Gasteiger partial charge is 0.494 e. The molecule has 1 aliphatic rings. The third kappa shape index (κ3) is 5.30. The van der Waals surface area contributed by atoms with E-state index in [9.17, 15) is 4.79 Å². The normalized spacial score (nSPS) is 15.5. The molecule has 144 valence electrons. The summed E-state index contributed by atoms with van der Waals surface area (Å²) in [4.78, 5) is 18.7. The van der Waals surface area contributed by atoms with E-state index in [-0.39, 0.29) is 11.9 Å². The number of carbonyl (C=O) groups excluding carboxylic acids is 1. The number of carbonyl (C=O) groups is 1. The molecule has 0 radical (unpaired) electrons. The molecule has 1 aromatic heterocycles. The molecule has 5 nitrogen and oxygen atoms in total. The second-order valence-corrected chi connectivity index (χ2v) is 6.84. The molecule has 3 rings (SSSR count). The molecule has 0 amide bonds. The quantitative estimate of drug-likeness (QED) is 0.693. The van der Waals surface area contributed by atoms with E-state index in [1.807, 2.05) is 38.4 Å². The van der Waals surface area contributed by atoms with E-state index in [1.54, 1.807) is 0 Å². The number of pyridine rings is 1. The first-order valence-corrected chi connectivity index (χ1v) is 9.75. The maximum absolute atomic E-state index is 11.9. The number of nitrogens with zero attached hydrogens (tertiary/aromatic N) is 2. The summed E-state index contributed by atoms with van der Waals surface area (Å²) in [5.74, 6) is 0.890. The molecule has 0 N–H and O–H groups in total. The highest BCUT2D eigenvalue weighted by molar-refractivity contribution is 5.72. The van der Waals surface area contributed by atoms with Crippen molar-refractivity contribution in [1.29, 1.82) is 0 Å². The summed E-state index contributed by atoms with van der Waals surface area (Å²) in [6.45, 7) is 7.65. The summed E-state index contributed by atoms with van der Waals surface area (Å²) in [6, 6.07) is 10.3. The van der Waals surface area contributed by atoms with Gasteiger partial charge >= 0.3 is 5.97 Å². The molecule has 1 aromatic carbocycles. The lowest BCUT2D eigenvalue weighted by Crippen LogP contribution is -2.36. The Labute approximate surface area is 161 Å². The number of esters is 1. The van der Waals surface area contributed by atoms with Crippen LogP contribution < -0.4 is 4.74 Å². The highest BCUT2D eigenvalue weighted by Gasteiger charge is 2.25. The molecule has 2 aromatic rings.